The average molecular weight is 362 g/mol. The number of carbonyl (C=O) groups excluding carboxylic acids is 2. The second-order valence-corrected chi connectivity index (χ2v) is 7.14. The number of aliphatic hydroxyl groups is 1. The Hall–Kier alpha value is -2.12. The summed E-state index contributed by atoms with van der Waals surface area (Å²) in [4.78, 5) is 26.4. The number of carbonyl (C=O) groups is 2. The minimum absolute atomic E-state index is 0.0627. The summed E-state index contributed by atoms with van der Waals surface area (Å²) in [5.41, 5.74) is 0.956. The number of esters is 1. The summed E-state index contributed by atoms with van der Waals surface area (Å²) in [6.45, 7) is 2.49. The predicted molar refractivity (Wildman–Crippen MR) is 94.9 cm³/mol. The number of piperidine rings is 2. The van der Waals surface area contributed by atoms with Gasteiger partial charge in [-0.2, -0.15) is 0 Å². The molecule has 2 N–H and O–H groups in total. The van der Waals surface area contributed by atoms with Gasteiger partial charge < -0.3 is 19.9 Å². The Balaban J connectivity index is 1.69. The van der Waals surface area contributed by atoms with Crippen LogP contribution in [0, 0.1) is 5.41 Å². The van der Waals surface area contributed by atoms with Crippen molar-refractivity contribution in [3.05, 3.63) is 29.3 Å². The SMILES string of the molecule is COC(=O)c1ccc(OC)c(CN2CCC3(CC2)CC(O)CNC3=O)c1. The molecule has 7 nitrogen and oxygen atoms in total. The van der Waals surface area contributed by atoms with E-state index in [1.54, 1.807) is 25.3 Å². The number of likely N-dealkylation sites (tertiary alicyclic amines) is 1. The van der Waals surface area contributed by atoms with Crippen LogP contribution in [0.25, 0.3) is 0 Å². The highest BCUT2D eigenvalue weighted by Crippen LogP contribution is 2.39. The third kappa shape index (κ3) is 3.68. The van der Waals surface area contributed by atoms with Crippen LogP contribution >= 0.6 is 0 Å². The number of nitrogens with zero attached hydrogens (tertiary/aromatic N) is 1. The summed E-state index contributed by atoms with van der Waals surface area (Å²) in [6, 6.07) is 5.26. The van der Waals surface area contributed by atoms with Crippen LogP contribution in [0.4, 0.5) is 0 Å². The standard InChI is InChI=1S/C19H26N2O5/c1-25-16-4-3-13(17(23)26-2)9-14(16)12-21-7-5-19(6-8-21)10-15(22)11-20-18(19)24/h3-4,9,15,22H,5-8,10-12H2,1-2H3,(H,20,24). The number of ether oxygens (including phenoxy) is 2. The topological polar surface area (TPSA) is 88.1 Å². The van der Waals surface area contributed by atoms with E-state index in [9.17, 15) is 14.7 Å². The van der Waals surface area contributed by atoms with Crippen LogP contribution < -0.4 is 10.1 Å². The van der Waals surface area contributed by atoms with Crippen molar-refractivity contribution in [2.24, 2.45) is 5.41 Å². The third-order valence-corrected chi connectivity index (χ3v) is 5.51. The molecule has 0 radical (unpaired) electrons. The van der Waals surface area contributed by atoms with Gasteiger partial charge in [-0.3, -0.25) is 9.69 Å². The number of β-amino-alcohol motifs (C(OH)–C–C–N with tert-alkyl or cyclic N) is 1. The van der Waals surface area contributed by atoms with Gasteiger partial charge in [-0.1, -0.05) is 0 Å². The second-order valence-electron chi connectivity index (χ2n) is 7.14. The van der Waals surface area contributed by atoms with Gasteiger partial charge >= 0.3 is 5.97 Å². The van der Waals surface area contributed by atoms with Crippen molar-refractivity contribution in [3.8, 4) is 5.75 Å². The smallest absolute Gasteiger partial charge is 0.337 e. The van der Waals surface area contributed by atoms with E-state index in [2.05, 4.69) is 10.2 Å². The lowest BCUT2D eigenvalue weighted by Gasteiger charge is -2.44. The molecule has 0 aliphatic carbocycles. The fourth-order valence-electron chi connectivity index (χ4n) is 3.97. The van der Waals surface area contributed by atoms with Crippen LogP contribution in [0.5, 0.6) is 5.75 Å². The first kappa shape index (κ1) is 18.7. The van der Waals surface area contributed by atoms with E-state index in [1.165, 1.54) is 7.11 Å². The monoisotopic (exact) mass is 362 g/mol. The maximum absolute atomic E-state index is 12.3. The zero-order chi connectivity index (χ0) is 18.7. The molecule has 26 heavy (non-hydrogen) atoms. The van der Waals surface area contributed by atoms with E-state index in [-0.39, 0.29) is 11.9 Å². The molecule has 2 saturated heterocycles. The highest BCUT2D eigenvalue weighted by atomic mass is 16.5. The molecule has 1 amide bonds. The minimum atomic E-state index is -0.462. The molecule has 142 valence electrons. The van der Waals surface area contributed by atoms with Crippen molar-refractivity contribution in [1.29, 1.82) is 0 Å². The first-order valence-electron chi connectivity index (χ1n) is 8.91. The number of methoxy groups -OCH3 is 2. The van der Waals surface area contributed by atoms with E-state index in [4.69, 9.17) is 9.47 Å². The van der Waals surface area contributed by atoms with Crippen LogP contribution in [0.15, 0.2) is 18.2 Å². The molecule has 0 aromatic heterocycles. The number of hydrogen-bond acceptors (Lipinski definition) is 6. The second kappa shape index (κ2) is 7.63. The fourth-order valence-corrected chi connectivity index (χ4v) is 3.97. The maximum atomic E-state index is 12.3. The van der Waals surface area contributed by atoms with E-state index >= 15 is 0 Å². The van der Waals surface area contributed by atoms with Crippen molar-refractivity contribution >= 4 is 11.9 Å². The molecule has 2 aliphatic rings. The Labute approximate surface area is 153 Å². The molecule has 1 aromatic rings. The zero-order valence-electron chi connectivity index (χ0n) is 15.3. The highest BCUT2D eigenvalue weighted by molar-refractivity contribution is 5.89. The molecule has 1 atom stereocenters. The highest BCUT2D eigenvalue weighted by Gasteiger charge is 2.45. The molecule has 0 saturated carbocycles. The van der Waals surface area contributed by atoms with E-state index in [0.717, 1.165) is 37.2 Å². The van der Waals surface area contributed by atoms with Gasteiger partial charge in [0.2, 0.25) is 5.91 Å². The van der Waals surface area contributed by atoms with Gasteiger partial charge in [0.25, 0.3) is 0 Å². The Bertz CT molecular complexity index is 683. The molecule has 3 rings (SSSR count). The van der Waals surface area contributed by atoms with E-state index in [1.807, 2.05) is 0 Å². The van der Waals surface area contributed by atoms with Crippen molar-refractivity contribution < 1.29 is 24.2 Å². The summed E-state index contributed by atoms with van der Waals surface area (Å²) in [5, 5.41) is 12.8. The van der Waals surface area contributed by atoms with Gasteiger partial charge in [0.05, 0.1) is 31.3 Å². The maximum Gasteiger partial charge on any atom is 0.337 e. The molecule has 1 aromatic carbocycles. The number of benzene rings is 1. The van der Waals surface area contributed by atoms with E-state index < -0.39 is 11.5 Å². The number of aliphatic hydroxyl groups excluding tert-OH is 1. The fraction of sp³-hybridized carbons (Fsp3) is 0.579. The Morgan fingerprint density at radius 1 is 1.35 bits per heavy atom. The number of amides is 1. The first-order valence-corrected chi connectivity index (χ1v) is 8.91. The molecular formula is C19H26N2O5. The molecule has 2 fully saturated rings. The van der Waals surface area contributed by atoms with Gasteiger partial charge in [-0.25, -0.2) is 4.79 Å². The van der Waals surface area contributed by atoms with Crippen molar-refractivity contribution in [2.45, 2.75) is 31.9 Å². The van der Waals surface area contributed by atoms with Gasteiger partial charge in [0.15, 0.2) is 0 Å². The first-order chi connectivity index (χ1) is 12.5. The van der Waals surface area contributed by atoms with Crippen LogP contribution in [0.1, 0.15) is 35.2 Å². The van der Waals surface area contributed by atoms with Crippen LogP contribution in [0.3, 0.4) is 0 Å². The number of nitrogens with one attached hydrogen (secondary N) is 1. The zero-order valence-corrected chi connectivity index (χ0v) is 15.3. The quantitative estimate of drug-likeness (QED) is 0.776. The number of hydrogen-bond donors (Lipinski definition) is 2. The van der Waals surface area contributed by atoms with Crippen molar-refractivity contribution in [1.82, 2.24) is 10.2 Å². The average Bonchev–Trinajstić information content (AvgIpc) is 2.66. The van der Waals surface area contributed by atoms with Gasteiger partial charge in [-0.15, -0.1) is 0 Å². The normalized spacial score (nSPS) is 22.7. The summed E-state index contributed by atoms with van der Waals surface area (Å²) in [7, 11) is 2.97. The largest absolute Gasteiger partial charge is 0.496 e. The Morgan fingerprint density at radius 3 is 2.73 bits per heavy atom. The molecule has 2 heterocycles. The minimum Gasteiger partial charge on any atom is -0.496 e. The van der Waals surface area contributed by atoms with Gasteiger partial charge in [0.1, 0.15) is 5.75 Å². The summed E-state index contributed by atoms with van der Waals surface area (Å²) < 4.78 is 10.2. The lowest BCUT2D eigenvalue weighted by atomic mass is 9.71. The van der Waals surface area contributed by atoms with Crippen LogP contribution in [-0.4, -0.2) is 61.8 Å². The summed E-state index contributed by atoms with van der Waals surface area (Å²) in [6.07, 6.45) is 1.51. The van der Waals surface area contributed by atoms with Gasteiger partial charge in [-0.05, 0) is 50.6 Å². The molecule has 1 unspecified atom stereocenters. The van der Waals surface area contributed by atoms with Crippen molar-refractivity contribution in [3.63, 3.8) is 0 Å². The van der Waals surface area contributed by atoms with Crippen LogP contribution in [-0.2, 0) is 16.1 Å². The number of rotatable bonds is 4. The van der Waals surface area contributed by atoms with Crippen molar-refractivity contribution in [2.75, 3.05) is 33.9 Å². The molecule has 0 bridgehead atoms. The molecule has 1 spiro atoms. The lowest BCUT2D eigenvalue weighted by Crippen LogP contribution is -2.55. The Morgan fingerprint density at radius 2 is 2.08 bits per heavy atom. The molecule has 7 heteroatoms. The molecule has 2 aliphatic heterocycles. The summed E-state index contributed by atoms with van der Waals surface area (Å²) >= 11 is 0. The van der Waals surface area contributed by atoms with Crippen LogP contribution in [0.2, 0.25) is 0 Å². The predicted octanol–water partition coefficient (Wildman–Crippen LogP) is 0.945. The molecular weight excluding hydrogens is 336 g/mol. The lowest BCUT2D eigenvalue weighted by molar-refractivity contribution is -0.141. The summed E-state index contributed by atoms with van der Waals surface area (Å²) in [5.74, 6) is 0.413. The third-order valence-electron chi connectivity index (χ3n) is 5.51. The Kier molecular flexibility index (Phi) is 5.48. The van der Waals surface area contributed by atoms with E-state index in [0.29, 0.717) is 25.1 Å². The van der Waals surface area contributed by atoms with Gasteiger partial charge in [0, 0.05) is 18.7 Å².